The number of pyridine rings is 1. The number of anilines is 1. The van der Waals surface area contributed by atoms with E-state index in [2.05, 4.69) is 16.0 Å². The molecule has 1 fully saturated rings. The van der Waals surface area contributed by atoms with Gasteiger partial charge in [-0.15, -0.1) is 0 Å². The minimum Gasteiger partial charge on any atom is -0.357 e. The van der Waals surface area contributed by atoms with E-state index in [0.717, 1.165) is 24.6 Å². The van der Waals surface area contributed by atoms with Crippen molar-refractivity contribution < 1.29 is 0 Å². The summed E-state index contributed by atoms with van der Waals surface area (Å²) in [5.41, 5.74) is 1.63. The van der Waals surface area contributed by atoms with Crippen LogP contribution in [0.2, 0.25) is 0 Å². The van der Waals surface area contributed by atoms with Crippen molar-refractivity contribution in [1.29, 1.82) is 5.26 Å². The fourth-order valence-electron chi connectivity index (χ4n) is 1.82. The Hall–Kier alpha value is -1.56. The molecule has 1 aromatic heterocycles. The van der Waals surface area contributed by atoms with E-state index in [4.69, 9.17) is 5.26 Å². The van der Waals surface area contributed by atoms with Crippen LogP contribution in [0.15, 0.2) is 12.1 Å². The third-order valence-corrected chi connectivity index (χ3v) is 2.50. The van der Waals surface area contributed by atoms with Gasteiger partial charge >= 0.3 is 0 Å². The van der Waals surface area contributed by atoms with Crippen molar-refractivity contribution in [2.24, 2.45) is 0 Å². The molecule has 0 aromatic carbocycles. The second-order valence-electron chi connectivity index (χ2n) is 3.66. The van der Waals surface area contributed by atoms with E-state index in [9.17, 15) is 0 Å². The van der Waals surface area contributed by atoms with Gasteiger partial charge in [-0.3, -0.25) is 0 Å². The molecule has 0 N–H and O–H groups in total. The number of aryl methyl sites for hydroxylation is 1. The number of nitrogens with zero attached hydrogens (tertiary/aromatic N) is 3. The fraction of sp³-hybridized carbons (Fsp3) is 0.455. The second-order valence-corrected chi connectivity index (χ2v) is 3.66. The molecule has 72 valence electrons. The van der Waals surface area contributed by atoms with Crippen LogP contribution in [-0.4, -0.2) is 18.1 Å². The van der Waals surface area contributed by atoms with Crippen molar-refractivity contribution in [3.63, 3.8) is 0 Å². The number of hydrogen-bond acceptors (Lipinski definition) is 3. The minimum atomic E-state index is 0.708. The Morgan fingerprint density at radius 1 is 1.36 bits per heavy atom. The molecular formula is C11H13N3. The molecule has 3 nitrogen and oxygen atoms in total. The van der Waals surface area contributed by atoms with Gasteiger partial charge in [0.2, 0.25) is 0 Å². The molecule has 0 radical (unpaired) electrons. The lowest BCUT2D eigenvalue weighted by Gasteiger charge is -2.16. The standard InChI is InChI=1S/C11H13N3/c1-9-6-10(8-12)7-11(13-9)14-4-2-3-5-14/h6-7H,2-5H2,1H3. The normalized spacial score (nSPS) is 15.6. The summed E-state index contributed by atoms with van der Waals surface area (Å²) in [4.78, 5) is 6.68. The van der Waals surface area contributed by atoms with Crippen molar-refractivity contribution in [2.75, 3.05) is 18.0 Å². The quantitative estimate of drug-likeness (QED) is 0.673. The first-order valence-electron chi connectivity index (χ1n) is 4.93. The van der Waals surface area contributed by atoms with Gasteiger partial charge in [-0.05, 0) is 31.9 Å². The Bertz CT molecular complexity index is 373. The SMILES string of the molecule is Cc1cc(C#N)cc(N2CCCC2)n1. The second kappa shape index (κ2) is 3.67. The highest BCUT2D eigenvalue weighted by atomic mass is 15.2. The van der Waals surface area contributed by atoms with E-state index >= 15 is 0 Å². The van der Waals surface area contributed by atoms with Crippen molar-refractivity contribution >= 4 is 5.82 Å². The third kappa shape index (κ3) is 1.69. The molecule has 1 aromatic rings. The first-order valence-corrected chi connectivity index (χ1v) is 4.93. The van der Waals surface area contributed by atoms with Gasteiger partial charge < -0.3 is 4.90 Å². The maximum Gasteiger partial charge on any atom is 0.130 e. The maximum atomic E-state index is 8.83. The molecule has 1 aliphatic rings. The van der Waals surface area contributed by atoms with Gasteiger partial charge in [0, 0.05) is 18.8 Å². The zero-order chi connectivity index (χ0) is 9.97. The van der Waals surface area contributed by atoms with Crippen molar-refractivity contribution in [1.82, 2.24) is 4.98 Å². The summed E-state index contributed by atoms with van der Waals surface area (Å²) in [6.45, 7) is 4.07. The van der Waals surface area contributed by atoms with Gasteiger partial charge in [0.15, 0.2) is 0 Å². The fourth-order valence-corrected chi connectivity index (χ4v) is 1.82. The first-order chi connectivity index (χ1) is 6.79. The van der Waals surface area contributed by atoms with Crippen LogP contribution in [0.4, 0.5) is 5.82 Å². The van der Waals surface area contributed by atoms with Gasteiger partial charge in [-0.1, -0.05) is 0 Å². The molecule has 0 atom stereocenters. The Balaban J connectivity index is 2.33. The number of rotatable bonds is 1. The smallest absolute Gasteiger partial charge is 0.130 e. The summed E-state index contributed by atoms with van der Waals surface area (Å²) in [6.07, 6.45) is 2.47. The van der Waals surface area contributed by atoms with E-state index in [1.807, 2.05) is 19.1 Å². The number of nitriles is 1. The zero-order valence-electron chi connectivity index (χ0n) is 8.32. The van der Waals surface area contributed by atoms with E-state index in [0.29, 0.717) is 5.56 Å². The summed E-state index contributed by atoms with van der Waals surface area (Å²) in [5, 5.41) is 8.83. The Kier molecular flexibility index (Phi) is 2.36. The highest BCUT2D eigenvalue weighted by Crippen LogP contribution is 2.19. The summed E-state index contributed by atoms with van der Waals surface area (Å²) in [6, 6.07) is 5.86. The number of aromatic nitrogens is 1. The van der Waals surface area contributed by atoms with Gasteiger partial charge in [-0.25, -0.2) is 4.98 Å². The molecule has 0 amide bonds. The van der Waals surface area contributed by atoms with Crippen LogP contribution in [0, 0.1) is 18.3 Å². The molecule has 2 heterocycles. The van der Waals surface area contributed by atoms with Gasteiger partial charge in [-0.2, -0.15) is 5.26 Å². The van der Waals surface area contributed by atoms with Crippen LogP contribution in [0.3, 0.4) is 0 Å². The van der Waals surface area contributed by atoms with E-state index < -0.39 is 0 Å². The molecule has 0 unspecified atom stereocenters. The van der Waals surface area contributed by atoms with Crippen LogP contribution in [0.25, 0.3) is 0 Å². The van der Waals surface area contributed by atoms with Gasteiger partial charge in [0.05, 0.1) is 11.6 Å². The minimum absolute atomic E-state index is 0.708. The lowest BCUT2D eigenvalue weighted by Crippen LogP contribution is -2.19. The van der Waals surface area contributed by atoms with Crippen LogP contribution in [0.1, 0.15) is 24.1 Å². The summed E-state index contributed by atoms with van der Waals surface area (Å²) < 4.78 is 0. The van der Waals surface area contributed by atoms with Gasteiger partial charge in [0.25, 0.3) is 0 Å². The highest BCUT2D eigenvalue weighted by molar-refractivity contribution is 5.47. The Labute approximate surface area is 84.0 Å². The molecule has 14 heavy (non-hydrogen) atoms. The van der Waals surface area contributed by atoms with Crippen LogP contribution < -0.4 is 4.90 Å². The summed E-state index contributed by atoms with van der Waals surface area (Å²) >= 11 is 0. The van der Waals surface area contributed by atoms with Crippen molar-refractivity contribution in [2.45, 2.75) is 19.8 Å². The van der Waals surface area contributed by atoms with Crippen LogP contribution >= 0.6 is 0 Å². The third-order valence-electron chi connectivity index (χ3n) is 2.50. The topological polar surface area (TPSA) is 39.9 Å². The largest absolute Gasteiger partial charge is 0.357 e. The molecule has 0 spiro atoms. The predicted molar refractivity (Wildman–Crippen MR) is 55.1 cm³/mol. The lowest BCUT2D eigenvalue weighted by atomic mass is 10.2. The molecule has 1 saturated heterocycles. The molecule has 2 rings (SSSR count). The molecule has 0 saturated carbocycles. The van der Waals surface area contributed by atoms with Crippen molar-refractivity contribution in [3.05, 3.63) is 23.4 Å². The molecule has 3 heteroatoms. The summed E-state index contributed by atoms with van der Waals surface area (Å²) in [7, 11) is 0. The van der Waals surface area contributed by atoms with Gasteiger partial charge in [0.1, 0.15) is 5.82 Å². The first kappa shape index (κ1) is 9.01. The average molecular weight is 187 g/mol. The molecule has 1 aliphatic heterocycles. The highest BCUT2D eigenvalue weighted by Gasteiger charge is 2.14. The van der Waals surface area contributed by atoms with E-state index in [1.54, 1.807) is 0 Å². The maximum absolute atomic E-state index is 8.83. The Morgan fingerprint density at radius 3 is 2.71 bits per heavy atom. The van der Waals surface area contributed by atoms with Crippen LogP contribution in [-0.2, 0) is 0 Å². The average Bonchev–Trinajstić information content (AvgIpc) is 2.69. The molecular weight excluding hydrogens is 174 g/mol. The monoisotopic (exact) mass is 187 g/mol. The molecule has 0 aliphatic carbocycles. The Morgan fingerprint density at radius 2 is 2.07 bits per heavy atom. The number of hydrogen-bond donors (Lipinski definition) is 0. The zero-order valence-corrected chi connectivity index (χ0v) is 8.32. The van der Waals surface area contributed by atoms with Crippen molar-refractivity contribution in [3.8, 4) is 6.07 Å². The summed E-state index contributed by atoms with van der Waals surface area (Å²) in [5.74, 6) is 0.957. The van der Waals surface area contributed by atoms with Crippen LogP contribution in [0.5, 0.6) is 0 Å². The molecule has 0 bridgehead atoms. The predicted octanol–water partition coefficient (Wildman–Crippen LogP) is 1.86. The van der Waals surface area contributed by atoms with E-state index in [-0.39, 0.29) is 0 Å². The lowest BCUT2D eigenvalue weighted by molar-refractivity contribution is 0.928. The van der Waals surface area contributed by atoms with E-state index in [1.165, 1.54) is 12.8 Å².